The Morgan fingerprint density at radius 2 is 1.39 bits per heavy atom. The first-order valence-electron chi connectivity index (χ1n) is 8.09. The summed E-state index contributed by atoms with van der Waals surface area (Å²) < 4.78 is 5.20. The monoisotopic (exact) mass is 344 g/mol. The molecule has 1 heterocycles. The molecule has 2 aromatic rings. The number of hydrogen-bond donors (Lipinski definition) is 0. The zero-order valence-corrected chi connectivity index (χ0v) is 17.3. The predicted octanol–water partition coefficient (Wildman–Crippen LogP) is 4.99. The fourth-order valence-electron chi connectivity index (χ4n) is 3.58. The molecule has 0 aliphatic rings. The summed E-state index contributed by atoms with van der Waals surface area (Å²) in [6, 6.07) is 7.96. The minimum absolute atomic E-state index is 0.618. The maximum atomic E-state index is 5.20. The van der Waals surface area contributed by atoms with E-state index < -0.39 is 16.1 Å². The number of aromatic nitrogens is 2. The summed E-state index contributed by atoms with van der Waals surface area (Å²) in [5.41, 5.74) is 3.17. The normalized spacial score (nSPS) is 12.5. The van der Waals surface area contributed by atoms with Crippen molar-refractivity contribution in [3.05, 3.63) is 42.4 Å². The second-order valence-electron chi connectivity index (χ2n) is 8.22. The van der Waals surface area contributed by atoms with Crippen molar-refractivity contribution in [2.24, 2.45) is 0 Å². The smallest absolute Gasteiger partial charge is 0.118 e. The third kappa shape index (κ3) is 4.29. The topological polar surface area (TPSA) is 35.0 Å². The van der Waals surface area contributed by atoms with Gasteiger partial charge in [0.1, 0.15) is 5.75 Å². The molecule has 2 rings (SSSR count). The Bertz CT molecular complexity index is 627. The second kappa shape index (κ2) is 6.57. The fraction of sp³-hybridized carbons (Fsp3) is 0.444. The van der Waals surface area contributed by atoms with Crippen LogP contribution >= 0.6 is 0 Å². The van der Waals surface area contributed by atoms with Crippen molar-refractivity contribution in [3.63, 3.8) is 0 Å². The summed E-state index contributed by atoms with van der Waals surface area (Å²) in [5.74, 6) is 0.857. The third-order valence-corrected chi connectivity index (χ3v) is 13.3. The molecular formula is C18H28N2OSi2. The van der Waals surface area contributed by atoms with Crippen LogP contribution in [0.4, 0.5) is 0 Å². The van der Waals surface area contributed by atoms with Crippen LogP contribution in [0.3, 0.4) is 0 Å². The quantitative estimate of drug-likeness (QED) is 0.717. The van der Waals surface area contributed by atoms with Crippen LogP contribution in [-0.4, -0.2) is 33.2 Å². The Labute approximate surface area is 142 Å². The zero-order valence-electron chi connectivity index (χ0n) is 15.3. The number of methoxy groups -OCH3 is 1. The van der Waals surface area contributed by atoms with E-state index in [-0.39, 0.29) is 0 Å². The first-order chi connectivity index (χ1) is 10.6. The molecule has 0 amide bonds. The van der Waals surface area contributed by atoms with Crippen molar-refractivity contribution in [1.29, 1.82) is 0 Å². The van der Waals surface area contributed by atoms with Crippen molar-refractivity contribution in [2.45, 2.75) is 44.4 Å². The van der Waals surface area contributed by atoms with E-state index in [9.17, 15) is 0 Å². The Hall–Kier alpha value is -1.47. The Kier molecular flexibility index (Phi) is 5.11. The van der Waals surface area contributed by atoms with E-state index in [1.165, 1.54) is 5.69 Å². The van der Waals surface area contributed by atoms with Gasteiger partial charge in [-0.2, -0.15) is 0 Å². The Morgan fingerprint density at radius 1 is 0.826 bits per heavy atom. The Balaban J connectivity index is 2.33. The van der Waals surface area contributed by atoms with Crippen LogP contribution in [-0.2, 0) is 0 Å². The molecule has 0 atom stereocenters. The van der Waals surface area contributed by atoms with Gasteiger partial charge in [0.15, 0.2) is 0 Å². The molecule has 5 heteroatoms. The van der Waals surface area contributed by atoms with Gasteiger partial charge in [-0.15, -0.1) is 0 Å². The summed E-state index contributed by atoms with van der Waals surface area (Å²) in [5, 5.41) is 0.618. The van der Waals surface area contributed by atoms with Crippen LogP contribution in [0.1, 0.15) is 10.9 Å². The number of ether oxygens (including phenoxy) is 1. The standard InChI is InChI=1S/C18H28N2OSi2/c1-21-15-10-8-14(9-11-15)16-12-20-17(13-19-16)18(22(2,3)4)23(5,6)7/h8-13,18H,1-7H3. The van der Waals surface area contributed by atoms with Crippen molar-refractivity contribution in [1.82, 2.24) is 9.97 Å². The zero-order chi connectivity index (χ0) is 17.3. The van der Waals surface area contributed by atoms with E-state index in [2.05, 4.69) is 39.3 Å². The van der Waals surface area contributed by atoms with Gasteiger partial charge < -0.3 is 4.74 Å². The second-order valence-corrected chi connectivity index (χ2v) is 19.4. The number of hydrogen-bond acceptors (Lipinski definition) is 3. The molecule has 0 fully saturated rings. The molecule has 124 valence electrons. The van der Waals surface area contributed by atoms with Gasteiger partial charge in [-0.25, -0.2) is 0 Å². The van der Waals surface area contributed by atoms with Gasteiger partial charge in [0.2, 0.25) is 0 Å². The molecule has 0 spiro atoms. The van der Waals surface area contributed by atoms with Gasteiger partial charge in [-0.3, -0.25) is 9.97 Å². The van der Waals surface area contributed by atoms with Gasteiger partial charge >= 0.3 is 0 Å². The van der Waals surface area contributed by atoms with Crippen molar-refractivity contribution < 1.29 is 4.74 Å². The molecule has 0 saturated carbocycles. The highest BCUT2D eigenvalue weighted by molar-refractivity contribution is 6.96. The summed E-state index contributed by atoms with van der Waals surface area (Å²) >= 11 is 0. The molecule has 1 aromatic heterocycles. The first-order valence-corrected chi connectivity index (χ1v) is 15.2. The fourth-order valence-corrected chi connectivity index (χ4v) is 16.0. The SMILES string of the molecule is COc1ccc(-c2cnc(C([Si](C)(C)C)[Si](C)(C)C)cn2)cc1. The van der Waals surface area contributed by atoms with Crippen LogP contribution in [0.2, 0.25) is 39.3 Å². The van der Waals surface area contributed by atoms with Crippen molar-refractivity contribution in [2.75, 3.05) is 7.11 Å². The van der Waals surface area contributed by atoms with E-state index in [0.717, 1.165) is 17.0 Å². The molecule has 3 nitrogen and oxygen atoms in total. The minimum atomic E-state index is -1.33. The average Bonchev–Trinajstić information content (AvgIpc) is 2.45. The lowest BCUT2D eigenvalue weighted by atomic mass is 10.1. The molecule has 0 saturated heterocycles. The predicted molar refractivity (Wildman–Crippen MR) is 103 cm³/mol. The number of nitrogens with zero attached hydrogens (tertiary/aromatic N) is 2. The van der Waals surface area contributed by atoms with E-state index in [1.54, 1.807) is 7.11 Å². The lowest BCUT2D eigenvalue weighted by Gasteiger charge is -2.37. The van der Waals surface area contributed by atoms with Crippen LogP contribution in [0.15, 0.2) is 36.7 Å². The first kappa shape index (κ1) is 17.9. The molecule has 23 heavy (non-hydrogen) atoms. The minimum Gasteiger partial charge on any atom is -0.497 e. The lowest BCUT2D eigenvalue weighted by Crippen LogP contribution is -2.46. The summed E-state index contributed by atoms with van der Waals surface area (Å²) in [4.78, 5) is 9.50. The van der Waals surface area contributed by atoms with Gasteiger partial charge in [-0.05, 0) is 29.4 Å². The van der Waals surface area contributed by atoms with Crippen LogP contribution in [0.25, 0.3) is 11.3 Å². The third-order valence-electron chi connectivity index (χ3n) is 4.09. The molecule has 0 aliphatic carbocycles. The molecule has 0 aliphatic heterocycles. The van der Waals surface area contributed by atoms with Crippen LogP contribution < -0.4 is 4.74 Å². The summed E-state index contributed by atoms with van der Waals surface area (Å²) in [6.45, 7) is 14.6. The molecular weight excluding hydrogens is 316 g/mol. The molecule has 1 aromatic carbocycles. The highest BCUT2D eigenvalue weighted by Gasteiger charge is 2.39. The van der Waals surface area contributed by atoms with Gasteiger partial charge in [0, 0.05) is 11.8 Å². The largest absolute Gasteiger partial charge is 0.497 e. The van der Waals surface area contributed by atoms with Crippen molar-refractivity contribution in [3.8, 4) is 17.0 Å². The lowest BCUT2D eigenvalue weighted by molar-refractivity contribution is 0.415. The van der Waals surface area contributed by atoms with Crippen LogP contribution in [0, 0.1) is 0 Å². The molecule has 0 N–H and O–H groups in total. The van der Waals surface area contributed by atoms with Crippen molar-refractivity contribution >= 4 is 16.1 Å². The van der Waals surface area contributed by atoms with E-state index in [0.29, 0.717) is 5.16 Å². The highest BCUT2D eigenvalue weighted by Crippen LogP contribution is 2.34. The summed E-state index contributed by atoms with van der Waals surface area (Å²) in [7, 11) is -0.981. The van der Waals surface area contributed by atoms with Gasteiger partial charge in [0.05, 0.1) is 40.8 Å². The molecule has 0 radical (unpaired) electrons. The van der Waals surface area contributed by atoms with E-state index >= 15 is 0 Å². The van der Waals surface area contributed by atoms with Crippen LogP contribution in [0.5, 0.6) is 5.75 Å². The number of benzene rings is 1. The van der Waals surface area contributed by atoms with Gasteiger partial charge in [-0.1, -0.05) is 39.3 Å². The van der Waals surface area contributed by atoms with E-state index in [1.807, 2.05) is 36.7 Å². The maximum Gasteiger partial charge on any atom is 0.118 e. The Morgan fingerprint density at radius 3 is 1.78 bits per heavy atom. The van der Waals surface area contributed by atoms with Gasteiger partial charge in [0.25, 0.3) is 0 Å². The maximum absolute atomic E-state index is 5.20. The average molecular weight is 345 g/mol. The van der Waals surface area contributed by atoms with E-state index in [4.69, 9.17) is 14.7 Å². The highest BCUT2D eigenvalue weighted by atomic mass is 28.4. The molecule has 0 unspecified atom stereocenters. The number of rotatable bonds is 5. The molecule has 0 bridgehead atoms. The summed E-state index contributed by atoms with van der Waals surface area (Å²) in [6.07, 6.45) is 3.92.